The summed E-state index contributed by atoms with van der Waals surface area (Å²) in [5.41, 5.74) is 2.67. The minimum Gasteiger partial charge on any atom is -0.507 e. The Morgan fingerprint density at radius 2 is 1.76 bits per heavy atom. The number of benzene rings is 3. The molecular formula is C27H24ClNO4. The van der Waals surface area contributed by atoms with Crippen molar-refractivity contribution in [3.05, 3.63) is 100 Å². The number of amides is 1. The van der Waals surface area contributed by atoms with Crippen LogP contribution in [0.15, 0.2) is 78.4 Å². The zero-order valence-corrected chi connectivity index (χ0v) is 19.2. The summed E-state index contributed by atoms with van der Waals surface area (Å²) in [6.07, 6.45) is 0.843. The van der Waals surface area contributed by atoms with Crippen molar-refractivity contribution in [2.24, 2.45) is 0 Å². The summed E-state index contributed by atoms with van der Waals surface area (Å²) in [4.78, 5) is 27.8. The molecule has 1 unspecified atom stereocenters. The average Bonchev–Trinajstić information content (AvgIpc) is 3.08. The van der Waals surface area contributed by atoms with Gasteiger partial charge in [0.1, 0.15) is 11.5 Å². The molecule has 1 amide bonds. The van der Waals surface area contributed by atoms with Crippen molar-refractivity contribution < 1.29 is 19.4 Å². The number of aliphatic hydroxyl groups is 1. The molecule has 1 N–H and O–H groups in total. The average molecular weight is 462 g/mol. The van der Waals surface area contributed by atoms with E-state index in [-0.39, 0.29) is 11.3 Å². The Morgan fingerprint density at radius 1 is 1.03 bits per heavy atom. The fraction of sp³-hybridized carbons (Fsp3) is 0.185. The standard InChI is InChI=1S/C27H24ClNO4/c1-3-14-33-22-9-5-8-19(16-22)25(30)23-24(18-7-4-6-17(2)15-18)29(27(32)26(23)31)21-12-10-20(28)11-13-21/h4-13,15-16,24,30H,3,14H2,1-2H3/b25-23-. The van der Waals surface area contributed by atoms with Crippen molar-refractivity contribution in [2.45, 2.75) is 26.3 Å². The number of Topliss-reactive ketones (excluding diaryl/α,β-unsaturated/α-hetero) is 1. The Hall–Kier alpha value is -3.57. The molecule has 1 heterocycles. The lowest BCUT2D eigenvalue weighted by molar-refractivity contribution is -0.132. The SMILES string of the molecule is CCCOc1cccc(/C(O)=C2/C(=O)C(=O)N(c3ccc(Cl)cc3)C2c2cccc(C)c2)c1. The van der Waals surface area contributed by atoms with Gasteiger partial charge in [-0.25, -0.2) is 0 Å². The van der Waals surface area contributed by atoms with E-state index >= 15 is 0 Å². The zero-order chi connectivity index (χ0) is 23.5. The lowest BCUT2D eigenvalue weighted by Gasteiger charge is -2.25. The highest BCUT2D eigenvalue weighted by Crippen LogP contribution is 2.42. The number of nitrogens with zero attached hydrogens (tertiary/aromatic N) is 1. The van der Waals surface area contributed by atoms with Gasteiger partial charge in [-0.1, -0.05) is 60.5 Å². The maximum atomic E-state index is 13.2. The first-order chi connectivity index (χ1) is 15.9. The van der Waals surface area contributed by atoms with Crippen LogP contribution in [0.25, 0.3) is 5.76 Å². The minimum atomic E-state index is -0.786. The van der Waals surface area contributed by atoms with Crippen molar-refractivity contribution >= 4 is 34.7 Å². The summed E-state index contributed by atoms with van der Waals surface area (Å²) < 4.78 is 5.68. The molecule has 1 aliphatic rings. The van der Waals surface area contributed by atoms with Gasteiger partial charge in [0.05, 0.1) is 18.2 Å². The molecule has 0 radical (unpaired) electrons. The van der Waals surface area contributed by atoms with E-state index in [9.17, 15) is 14.7 Å². The molecule has 1 saturated heterocycles. The highest BCUT2D eigenvalue weighted by Gasteiger charge is 2.47. The number of hydrogen-bond acceptors (Lipinski definition) is 4. The van der Waals surface area contributed by atoms with Crippen molar-refractivity contribution in [3.8, 4) is 5.75 Å². The number of halogens is 1. The predicted molar refractivity (Wildman–Crippen MR) is 130 cm³/mol. The van der Waals surface area contributed by atoms with E-state index in [4.69, 9.17) is 16.3 Å². The Morgan fingerprint density at radius 3 is 2.45 bits per heavy atom. The lowest BCUT2D eigenvalue weighted by Crippen LogP contribution is -2.29. The fourth-order valence-electron chi connectivity index (χ4n) is 3.96. The van der Waals surface area contributed by atoms with Gasteiger partial charge in [-0.15, -0.1) is 0 Å². The molecule has 0 aromatic heterocycles. The van der Waals surface area contributed by atoms with Gasteiger partial charge >= 0.3 is 0 Å². The van der Waals surface area contributed by atoms with Crippen LogP contribution in [-0.2, 0) is 9.59 Å². The first kappa shape index (κ1) is 22.6. The number of ketones is 1. The van der Waals surface area contributed by atoms with E-state index in [1.165, 1.54) is 4.90 Å². The van der Waals surface area contributed by atoms with Crippen molar-refractivity contribution in [1.29, 1.82) is 0 Å². The van der Waals surface area contributed by atoms with Crippen LogP contribution in [0.2, 0.25) is 5.02 Å². The first-order valence-corrected chi connectivity index (χ1v) is 11.1. The Kier molecular flexibility index (Phi) is 6.52. The second kappa shape index (κ2) is 9.51. The number of carbonyl (C=O) groups is 2. The van der Waals surface area contributed by atoms with E-state index in [2.05, 4.69) is 0 Å². The van der Waals surface area contributed by atoms with Crippen LogP contribution >= 0.6 is 11.6 Å². The molecule has 168 valence electrons. The lowest BCUT2D eigenvalue weighted by atomic mass is 9.94. The number of aryl methyl sites for hydroxylation is 1. The molecular weight excluding hydrogens is 438 g/mol. The number of carbonyl (C=O) groups excluding carboxylic acids is 2. The van der Waals surface area contributed by atoms with Gasteiger partial charge in [0.2, 0.25) is 0 Å². The highest BCUT2D eigenvalue weighted by molar-refractivity contribution is 6.51. The molecule has 6 heteroatoms. The maximum Gasteiger partial charge on any atom is 0.300 e. The monoisotopic (exact) mass is 461 g/mol. The Bertz CT molecular complexity index is 1230. The fourth-order valence-corrected chi connectivity index (χ4v) is 4.09. The van der Waals surface area contributed by atoms with Crippen molar-refractivity contribution in [2.75, 3.05) is 11.5 Å². The van der Waals surface area contributed by atoms with Crippen LogP contribution in [0.1, 0.15) is 36.1 Å². The van der Waals surface area contributed by atoms with E-state index < -0.39 is 17.7 Å². The molecule has 0 saturated carbocycles. The largest absolute Gasteiger partial charge is 0.507 e. The predicted octanol–water partition coefficient (Wildman–Crippen LogP) is 6.06. The molecule has 1 atom stereocenters. The van der Waals surface area contributed by atoms with E-state index in [0.717, 1.165) is 17.5 Å². The summed E-state index contributed by atoms with van der Waals surface area (Å²) in [5.74, 6) is -1.10. The van der Waals surface area contributed by atoms with Gasteiger partial charge in [-0.05, 0) is 55.3 Å². The first-order valence-electron chi connectivity index (χ1n) is 10.8. The molecule has 5 nitrogen and oxygen atoms in total. The maximum absolute atomic E-state index is 13.2. The molecule has 1 aliphatic heterocycles. The van der Waals surface area contributed by atoms with Crippen LogP contribution in [0.4, 0.5) is 5.69 Å². The number of anilines is 1. The molecule has 1 fully saturated rings. The van der Waals surface area contributed by atoms with Crippen molar-refractivity contribution in [3.63, 3.8) is 0 Å². The number of ether oxygens (including phenoxy) is 1. The van der Waals surface area contributed by atoms with Gasteiger partial charge < -0.3 is 9.84 Å². The zero-order valence-electron chi connectivity index (χ0n) is 18.4. The molecule has 33 heavy (non-hydrogen) atoms. The second-order valence-electron chi connectivity index (χ2n) is 7.94. The summed E-state index contributed by atoms with van der Waals surface area (Å²) >= 11 is 6.04. The summed E-state index contributed by atoms with van der Waals surface area (Å²) in [7, 11) is 0. The van der Waals surface area contributed by atoms with Crippen LogP contribution in [0.3, 0.4) is 0 Å². The quantitative estimate of drug-likeness (QED) is 0.275. The summed E-state index contributed by atoms with van der Waals surface area (Å²) in [6.45, 7) is 4.48. The molecule has 3 aromatic rings. The van der Waals surface area contributed by atoms with Gasteiger partial charge in [0, 0.05) is 16.3 Å². The third-order valence-electron chi connectivity index (χ3n) is 5.49. The Balaban J connectivity index is 1.89. The van der Waals surface area contributed by atoms with Gasteiger partial charge in [-0.3, -0.25) is 14.5 Å². The third-order valence-corrected chi connectivity index (χ3v) is 5.74. The van der Waals surface area contributed by atoms with E-state index in [0.29, 0.717) is 28.6 Å². The van der Waals surface area contributed by atoms with Crippen LogP contribution in [0, 0.1) is 6.92 Å². The second-order valence-corrected chi connectivity index (χ2v) is 8.37. The topological polar surface area (TPSA) is 66.8 Å². The van der Waals surface area contributed by atoms with Crippen molar-refractivity contribution in [1.82, 2.24) is 0 Å². The van der Waals surface area contributed by atoms with E-state index in [1.807, 2.05) is 38.1 Å². The van der Waals surface area contributed by atoms with Crippen LogP contribution in [0.5, 0.6) is 5.75 Å². The number of rotatable bonds is 6. The molecule has 0 bridgehead atoms. The molecule has 0 aliphatic carbocycles. The van der Waals surface area contributed by atoms with Crippen LogP contribution in [-0.4, -0.2) is 23.4 Å². The highest BCUT2D eigenvalue weighted by atomic mass is 35.5. The summed E-state index contributed by atoms with van der Waals surface area (Å²) in [5, 5.41) is 11.8. The molecule has 0 spiro atoms. The summed E-state index contributed by atoms with van der Waals surface area (Å²) in [6, 6.07) is 20.4. The minimum absolute atomic E-state index is 0.0354. The van der Waals surface area contributed by atoms with Gasteiger partial charge in [-0.2, -0.15) is 0 Å². The third kappa shape index (κ3) is 4.50. The van der Waals surface area contributed by atoms with Gasteiger partial charge in [0.15, 0.2) is 0 Å². The number of aliphatic hydroxyl groups excluding tert-OH is 1. The molecule has 4 rings (SSSR count). The Labute approximate surface area is 197 Å². The smallest absolute Gasteiger partial charge is 0.300 e. The number of hydrogen-bond donors (Lipinski definition) is 1. The van der Waals surface area contributed by atoms with Crippen LogP contribution < -0.4 is 9.64 Å². The van der Waals surface area contributed by atoms with Gasteiger partial charge in [0.25, 0.3) is 11.7 Å². The normalized spacial score (nSPS) is 17.4. The van der Waals surface area contributed by atoms with E-state index in [1.54, 1.807) is 48.5 Å². The molecule has 3 aromatic carbocycles.